The predicted octanol–water partition coefficient (Wildman–Crippen LogP) is 1.75. The second-order valence-corrected chi connectivity index (χ2v) is 6.06. The number of halogens is 1. The normalized spacial score (nSPS) is 24.9. The molecule has 2 rings (SSSR count). The van der Waals surface area contributed by atoms with Crippen LogP contribution in [-0.2, 0) is 4.79 Å². The van der Waals surface area contributed by atoms with Crippen LogP contribution >= 0.6 is 15.9 Å². The van der Waals surface area contributed by atoms with Crippen LogP contribution in [0.2, 0.25) is 0 Å². The number of anilines is 1. The van der Waals surface area contributed by atoms with Gasteiger partial charge in [-0.2, -0.15) is 0 Å². The molecule has 2 atom stereocenters. The van der Waals surface area contributed by atoms with Gasteiger partial charge in [0.25, 0.3) is 0 Å². The van der Waals surface area contributed by atoms with Gasteiger partial charge in [-0.05, 0) is 44.7 Å². The molecule has 0 saturated carbocycles. The third-order valence-corrected chi connectivity index (χ3v) is 4.35. The highest BCUT2D eigenvalue weighted by molar-refractivity contribution is 9.10. The number of nitrogens with zero attached hydrogens (tertiary/aromatic N) is 2. The summed E-state index contributed by atoms with van der Waals surface area (Å²) in [6.07, 6.45) is 0. The third kappa shape index (κ3) is 2.68. The average Bonchev–Trinajstić information content (AvgIpc) is 2.35. The molecule has 1 fully saturated rings. The van der Waals surface area contributed by atoms with Gasteiger partial charge in [0.15, 0.2) is 0 Å². The van der Waals surface area contributed by atoms with E-state index < -0.39 is 0 Å². The molecule has 1 amide bonds. The van der Waals surface area contributed by atoms with E-state index in [2.05, 4.69) is 27.8 Å². The number of nitrogens with two attached hydrogens (primary N) is 1. The van der Waals surface area contributed by atoms with Crippen LogP contribution in [-0.4, -0.2) is 43.0 Å². The fourth-order valence-corrected chi connectivity index (χ4v) is 3.03. The third-order valence-electron chi connectivity index (χ3n) is 3.86. The maximum atomic E-state index is 12.5. The summed E-state index contributed by atoms with van der Waals surface area (Å²) in [6.45, 7) is 5.20. The smallest absolute Gasteiger partial charge is 0.245 e. The number of hydrogen-bond donors (Lipinski definition) is 1. The molecule has 0 radical (unpaired) electrons. The number of carbonyl (C=O) groups excluding carboxylic acids is 1. The number of benzene rings is 1. The number of amides is 1. The van der Waals surface area contributed by atoms with E-state index in [4.69, 9.17) is 5.73 Å². The molecule has 4 nitrogen and oxygen atoms in total. The number of likely N-dealkylation sites (N-methyl/N-ethyl adjacent to an activating group) is 1. The minimum atomic E-state index is -0.230. The summed E-state index contributed by atoms with van der Waals surface area (Å²) < 4.78 is 1.03. The van der Waals surface area contributed by atoms with Crippen molar-refractivity contribution in [2.24, 2.45) is 5.73 Å². The molecule has 5 heteroatoms. The van der Waals surface area contributed by atoms with Gasteiger partial charge in [0.05, 0.1) is 0 Å². The van der Waals surface area contributed by atoms with Crippen LogP contribution in [0.15, 0.2) is 22.7 Å². The monoisotopic (exact) mass is 325 g/mol. The fourth-order valence-electron chi connectivity index (χ4n) is 2.55. The highest BCUT2D eigenvalue weighted by atomic mass is 79.9. The summed E-state index contributed by atoms with van der Waals surface area (Å²) in [6, 6.07) is 6.06. The minimum absolute atomic E-state index is 0.0912. The van der Waals surface area contributed by atoms with E-state index in [9.17, 15) is 4.79 Å². The molecule has 1 aliphatic rings. The zero-order valence-corrected chi connectivity index (χ0v) is 13.1. The predicted molar refractivity (Wildman–Crippen MR) is 81.3 cm³/mol. The number of hydrogen-bond acceptors (Lipinski definition) is 3. The highest BCUT2D eigenvalue weighted by Crippen LogP contribution is 2.27. The molecule has 1 saturated heterocycles. The maximum Gasteiger partial charge on any atom is 0.245 e. The molecule has 1 aromatic carbocycles. The summed E-state index contributed by atoms with van der Waals surface area (Å²) in [5, 5.41) is 0. The molecule has 0 bridgehead atoms. The molecular formula is C14H20BrN3O. The van der Waals surface area contributed by atoms with E-state index in [0.717, 1.165) is 15.7 Å². The van der Waals surface area contributed by atoms with Gasteiger partial charge in [0.1, 0.15) is 6.04 Å². The highest BCUT2D eigenvalue weighted by Gasteiger charge is 2.36. The maximum absolute atomic E-state index is 12.5. The van der Waals surface area contributed by atoms with E-state index in [1.165, 1.54) is 0 Å². The van der Waals surface area contributed by atoms with Gasteiger partial charge in [-0.1, -0.05) is 15.9 Å². The van der Waals surface area contributed by atoms with E-state index >= 15 is 0 Å². The van der Waals surface area contributed by atoms with Crippen LogP contribution in [0.5, 0.6) is 0 Å². The number of carbonyl (C=O) groups is 1. The Labute approximate surface area is 122 Å². The Balaban J connectivity index is 2.36. The molecule has 0 aliphatic carbocycles. The van der Waals surface area contributed by atoms with Crippen LogP contribution in [0.4, 0.5) is 5.69 Å². The summed E-state index contributed by atoms with van der Waals surface area (Å²) >= 11 is 3.45. The molecule has 1 aromatic rings. The molecule has 104 valence electrons. The Kier molecular flexibility index (Phi) is 4.28. The largest absolute Gasteiger partial charge is 0.328 e. The fraction of sp³-hybridized carbons (Fsp3) is 0.500. The van der Waals surface area contributed by atoms with Gasteiger partial charge >= 0.3 is 0 Å². The minimum Gasteiger partial charge on any atom is -0.328 e. The van der Waals surface area contributed by atoms with Crippen molar-refractivity contribution >= 4 is 27.5 Å². The van der Waals surface area contributed by atoms with Crippen molar-refractivity contribution < 1.29 is 4.79 Å². The lowest BCUT2D eigenvalue weighted by molar-refractivity contribution is -0.126. The molecule has 2 unspecified atom stereocenters. The van der Waals surface area contributed by atoms with Crippen molar-refractivity contribution in [3.8, 4) is 0 Å². The zero-order chi connectivity index (χ0) is 14.2. The van der Waals surface area contributed by atoms with E-state index in [-0.39, 0.29) is 11.9 Å². The number of aryl methyl sites for hydroxylation is 1. The summed E-state index contributed by atoms with van der Waals surface area (Å²) in [4.78, 5) is 16.5. The second-order valence-electron chi connectivity index (χ2n) is 5.15. The first kappa shape index (κ1) is 14.5. The second kappa shape index (κ2) is 5.61. The van der Waals surface area contributed by atoms with Gasteiger partial charge in [0.2, 0.25) is 5.91 Å². The first-order chi connectivity index (χ1) is 8.95. The van der Waals surface area contributed by atoms with Crippen molar-refractivity contribution in [2.45, 2.75) is 25.9 Å². The Bertz CT molecular complexity index is 492. The van der Waals surface area contributed by atoms with Crippen molar-refractivity contribution in [1.29, 1.82) is 0 Å². The van der Waals surface area contributed by atoms with E-state index in [1.54, 1.807) is 0 Å². The Morgan fingerprint density at radius 1 is 1.47 bits per heavy atom. The van der Waals surface area contributed by atoms with Crippen molar-refractivity contribution in [2.75, 3.05) is 25.0 Å². The SMILES string of the molecule is Cc1cc(Br)ccc1N1CC(C)N(C)C(CN)C1=O. The van der Waals surface area contributed by atoms with Gasteiger partial charge in [0, 0.05) is 29.3 Å². The molecule has 1 heterocycles. The lowest BCUT2D eigenvalue weighted by Crippen LogP contribution is -2.62. The standard InChI is InChI=1S/C14H20BrN3O/c1-9-6-11(15)4-5-12(9)18-8-10(2)17(3)13(7-16)14(18)19/h4-6,10,13H,7-8,16H2,1-3H3. The van der Waals surface area contributed by atoms with Crippen LogP contribution < -0.4 is 10.6 Å². The summed E-state index contributed by atoms with van der Waals surface area (Å²) in [5.74, 6) is 0.0912. The van der Waals surface area contributed by atoms with Crippen molar-refractivity contribution in [3.05, 3.63) is 28.2 Å². The molecule has 1 aliphatic heterocycles. The number of piperazine rings is 1. The van der Waals surface area contributed by atoms with Gasteiger partial charge in [-0.15, -0.1) is 0 Å². The van der Waals surface area contributed by atoms with Gasteiger partial charge in [-0.3, -0.25) is 9.69 Å². The zero-order valence-electron chi connectivity index (χ0n) is 11.6. The van der Waals surface area contributed by atoms with Crippen LogP contribution in [0.3, 0.4) is 0 Å². The molecule has 0 spiro atoms. The Hall–Kier alpha value is -0.910. The topological polar surface area (TPSA) is 49.6 Å². The van der Waals surface area contributed by atoms with Crippen LogP contribution in [0, 0.1) is 6.92 Å². The van der Waals surface area contributed by atoms with Crippen LogP contribution in [0.25, 0.3) is 0 Å². The summed E-state index contributed by atoms with van der Waals surface area (Å²) in [7, 11) is 1.96. The van der Waals surface area contributed by atoms with Gasteiger partial charge in [-0.25, -0.2) is 0 Å². The van der Waals surface area contributed by atoms with Crippen molar-refractivity contribution in [1.82, 2.24) is 4.90 Å². The number of rotatable bonds is 2. The van der Waals surface area contributed by atoms with Gasteiger partial charge < -0.3 is 10.6 Å². The Morgan fingerprint density at radius 2 is 2.16 bits per heavy atom. The van der Waals surface area contributed by atoms with Crippen molar-refractivity contribution in [3.63, 3.8) is 0 Å². The van der Waals surface area contributed by atoms with Crippen LogP contribution in [0.1, 0.15) is 12.5 Å². The first-order valence-corrected chi connectivity index (χ1v) is 7.24. The first-order valence-electron chi connectivity index (χ1n) is 6.45. The summed E-state index contributed by atoms with van der Waals surface area (Å²) in [5.41, 5.74) is 7.82. The van der Waals surface area contributed by atoms with E-state index in [1.807, 2.05) is 37.1 Å². The molecule has 19 heavy (non-hydrogen) atoms. The molecule has 2 N–H and O–H groups in total. The lowest BCUT2D eigenvalue weighted by atomic mass is 10.0. The van der Waals surface area contributed by atoms with E-state index in [0.29, 0.717) is 19.1 Å². The quantitative estimate of drug-likeness (QED) is 0.901. The molecular weight excluding hydrogens is 306 g/mol. The lowest BCUT2D eigenvalue weighted by Gasteiger charge is -2.43. The molecule has 0 aromatic heterocycles. The average molecular weight is 326 g/mol. The Morgan fingerprint density at radius 3 is 2.74 bits per heavy atom.